The van der Waals surface area contributed by atoms with E-state index < -0.39 is 12.2 Å². The molecular weight excluding hydrogens is 450 g/mol. The van der Waals surface area contributed by atoms with Gasteiger partial charge in [0.05, 0.1) is 6.10 Å². The number of hydrogen-bond donors (Lipinski definition) is 3. The zero-order chi connectivity index (χ0) is 24.0. The molecule has 3 rings (SSSR count). The summed E-state index contributed by atoms with van der Waals surface area (Å²) in [6.07, 6.45) is 10.2. The Morgan fingerprint density at radius 2 is 2.09 bits per heavy atom. The monoisotopic (exact) mass is 480 g/mol. The minimum Gasteiger partial charge on any atom is -0.487 e. The summed E-state index contributed by atoms with van der Waals surface area (Å²) in [5.41, 5.74) is 2.72. The number of benzene rings is 1. The molecule has 1 aliphatic rings. The number of aromatic nitrogens is 1. The Bertz CT molecular complexity index is 981. The summed E-state index contributed by atoms with van der Waals surface area (Å²) in [4.78, 5) is 5.31. The van der Waals surface area contributed by atoms with E-state index in [2.05, 4.69) is 4.98 Å². The first kappa shape index (κ1) is 25.1. The van der Waals surface area contributed by atoms with Crippen molar-refractivity contribution >= 4 is 11.3 Å². The molecule has 6 nitrogen and oxygen atoms in total. The van der Waals surface area contributed by atoms with Crippen LogP contribution in [0.2, 0.25) is 0 Å². The maximum absolute atomic E-state index is 13.0. The molecule has 3 N–H and O–H groups in total. The summed E-state index contributed by atoms with van der Waals surface area (Å²) in [5.74, 6) is 0.123. The Morgan fingerprint density at radius 3 is 2.64 bits per heavy atom. The van der Waals surface area contributed by atoms with Gasteiger partial charge in [-0.1, -0.05) is 12.1 Å². The minimum atomic E-state index is -2.95. The largest absolute Gasteiger partial charge is 0.487 e. The molecule has 1 saturated carbocycles. The minimum absolute atomic E-state index is 0.00595. The Kier molecular flexibility index (Phi) is 8.45. The number of allylic oxidation sites excluding steroid dienone is 3. The summed E-state index contributed by atoms with van der Waals surface area (Å²) >= 11 is 1.40. The number of rotatable bonds is 11. The third-order valence-electron chi connectivity index (χ3n) is 5.50. The van der Waals surface area contributed by atoms with Crippen molar-refractivity contribution in [2.45, 2.75) is 70.7 Å². The first-order chi connectivity index (χ1) is 15.7. The van der Waals surface area contributed by atoms with Crippen molar-refractivity contribution < 1.29 is 28.6 Å². The van der Waals surface area contributed by atoms with E-state index in [0.29, 0.717) is 17.2 Å². The molecule has 33 heavy (non-hydrogen) atoms. The van der Waals surface area contributed by atoms with Gasteiger partial charge in [-0.25, -0.2) is 4.98 Å². The maximum atomic E-state index is 13.0. The SMILES string of the molecule is C/C=C(\C=C/NO)CC(c1ccc(OC(F)F)c(OC2CCC2)c1)c1cnc(C(C)(C)O)s1. The van der Waals surface area contributed by atoms with E-state index in [1.807, 2.05) is 18.5 Å². The number of hydrogen-bond acceptors (Lipinski definition) is 7. The van der Waals surface area contributed by atoms with Gasteiger partial charge in [0.25, 0.3) is 0 Å². The number of hydroxylamine groups is 1. The predicted molar refractivity (Wildman–Crippen MR) is 123 cm³/mol. The normalized spacial score (nSPS) is 16.2. The number of nitrogens with one attached hydrogen (secondary N) is 1. The van der Waals surface area contributed by atoms with Crippen molar-refractivity contribution in [3.8, 4) is 11.5 Å². The van der Waals surface area contributed by atoms with Gasteiger partial charge >= 0.3 is 6.61 Å². The second-order valence-electron chi connectivity index (χ2n) is 8.46. The van der Waals surface area contributed by atoms with E-state index in [4.69, 9.17) is 14.7 Å². The molecule has 0 spiro atoms. The Hall–Kier alpha value is -2.49. The smallest absolute Gasteiger partial charge is 0.387 e. The molecule has 1 unspecified atom stereocenters. The standard InChI is InChI=1S/C24H30F2N2O4S/c1-4-15(10-11-28-30)12-18(21-14-27-22(33-21)24(2,3)29)16-8-9-19(32-23(25)26)20(13-16)31-17-6-5-7-17/h4,8-11,13-14,17-18,23,28-30H,5-7,12H2,1-3H3/b11-10-,15-4+. The number of aliphatic hydroxyl groups is 1. The molecule has 0 aliphatic heterocycles. The Balaban J connectivity index is 2.01. The van der Waals surface area contributed by atoms with E-state index in [0.717, 1.165) is 35.3 Å². The molecule has 2 aromatic rings. The second kappa shape index (κ2) is 11.1. The number of ether oxygens (including phenoxy) is 2. The van der Waals surface area contributed by atoms with Crippen LogP contribution in [-0.2, 0) is 5.60 Å². The number of alkyl halides is 2. The van der Waals surface area contributed by atoms with Gasteiger partial charge in [0.2, 0.25) is 0 Å². The molecule has 1 atom stereocenters. The van der Waals surface area contributed by atoms with Crippen LogP contribution in [-0.4, -0.2) is 28.0 Å². The Morgan fingerprint density at radius 1 is 1.33 bits per heavy atom. The fourth-order valence-electron chi connectivity index (χ4n) is 3.47. The van der Waals surface area contributed by atoms with E-state index in [9.17, 15) is 13.9 Å². The first-order valence-corrected chi connectivity index (χ1v) is 11.7. The van der Waals surface area contributed by atoms with E-state index in [-0.39, 0.29) is 17.8 Å². The molecule has 1 aliphatic carbocycles. The van der Waals surface area contributed by atoms with Gasteiger partial charge in [-0.2, -0.15) is 8.78 Å². The van der Waals surface area contributed by atoms with Gasteiger partial charge in [-0.05, 0) is 75.8 Å². The fraction of sp³-hybridized carbons (Fsp3) is 0.458. The van der Waals surface area contributed by atoms with Crippen LogP contribution in [0.5, 0.6) is 11.5 Å². The van der Waals surface area contributed by atoms with Crippen LogP contribution in [0.3, 0.4) is 0 Å². The van der Waals surface area contributed by atoms with Gasteiger partial charge in [-0.3, -0.25) is 10.7 Å². The summed E-state index contributed by atoms with van der Waals surface area (Å²) in [6.45, 7) is 2.31. The van der Waals surface area contributed by atoms with Crippen LogP contribution in [0.4, 0.5) is 8.78 Å². The molecular formula is C24H30F2N2O4S. The molecule has 1 aromatic heterocycles. The van der Waals surface area contributed by atoms with Gasteiger partial charge in [0.15, 0.2) is 11.5 Å². The molecule has 0 bridgehead atoms. The van der Waals surface area contributed by atoms with Gasteiger partial charge in [-0.15, -0.1) is 11.3 Å². The summed E-state index contributed by atoms with van der Waals surface area (Å²) in [6, 6.07) is 5.02. The highest BCUT2D eigenvalue weighted by molar-refractivity contribution is 7.11. The van der Waals surface area contributed by atoms with Crippen molar-refractivity contribution in [2.75, 3.05) is 0 Å². The average molecular weight is 481 g/mol. The van der Waals surface area contributed by atoms with E-state index in [1.54, 1.807) is 38.3 Å². The zero-order valence-corrected chi connectivity index (χ0v) is 19.7. The van der Waals surface area contributed by atoms with Crippen LogP contribution in [0.15, 0.2) is 48.3 Å². The number of thiazole rings is 1. The Labute approximate surface area is 196 Å². The van der Waals surface area contributed by atoms with E-state index in [1.165, 1.54) is 23.6 Å². The molecule has 0 amide bonds. The van der Waals surface area contributed by atoms with Gasteiger partial charge in [0, 0.05) is 23.2 Å². The predicted octanol–water partition coefficient (Wildman–Crippen LogP) is 5.86. The molecule has 9 heteroatoms. The van der Waals surface area contributed by atoms with Crippen LogP contribution >= 0.6 is 11.3 Å². The lowest BCUT2D eigenvalue weighted by Crippen LogP contribution is -2.25. The van der Waals surface area contributed by atoms with E-state index >= 15 is 0 Å². The highest BCUT2D eigenvalue weighted by Crippen LogP contribution is 2.41. The molecule has 0 radical (unpaired) electrons. The number of halogens is 2. The van der Waals surface area contributed by atoms with Crippen LogP contribution in [0.25, 0.3) is 0 Å². The lowest BCUT2D eigenvalue weighted by Gasteiger charge is -2.28. The van der Waals surface area contributed by atoms with Gasteiger partial charge < -0.3 is 14.6 Å². The summed E-state index contributed by atoms with van der Waals surface area (Å²) < 4.78 is 36.6. The number of nitrogens with zero attached hydrogens (tertiary/aromatic N) is 1. The maximum Gasteiger partial charge on any atom is 0.387 e. The van der Waals surface area contributed by atoms with Crippen molar-refractivity contribution in [1.82, 2.24) is 10.5 Å². The van der Waals surface area contributed by atoms with Crippen molar-refractivity contribution in [2.24, 2.45) is 0 Å². The molecule has 1 aromatic carbocycles. The third-order valence-corrected chi connectivity index (χ3v) is 6.93. The highest BCUT2D eigenvalue weighted by atomic mass is 32.1. The summed E-state index contributed by atoms with van der Waals surface area (Å²) in [7, 11) is 0. The quantitative estimate of drug-likeness (QED) is 0.276. The van der Waals surface area contributed by atoms with Gasteiger partial charge in [0.1, 0.15) is 10.6 Å². The zero-order valence-electron chi connectivity index (χ0n) is 18.9. The topological polar surface area (TPSA) is 83.8 Å². The van der Waals surface area contributed by atoms with Crippen molar-refractivity contribution in [3.05, 3.63) is 63.8 Å². The lowest BCUT2D eigenvalue weighted by molar-refractivity contribution is -0.0527. The highest BCUT2D eigenvalue weighted by Gasteiger charge is 2.27. The van der Waals surface area contributed by atoms with Crippen molar-refractivity contribution in [3.63, 3.8) is 0 Å². The molecule has 1 heterocycles. The van der Waals surface area contributed by atoms with Crippen molar-refractivity contribution in [1.29, 1.82) is 0 Å². The molecule has 1 fully saturated rings. The first-order valence-electron chi connectivity index (χ1n) is 10.9. The summed E-state index contributed by atoms with van der Waals surface area (Å²) in [5, 5.41) is 19.9. The third kappa shape index (κ3) is 6.75. The van der Waals surface area contributed by atoms with Crippen LogP contribution < -0.4 is 15.0 Å². The molecule has 180 valence electrons. The average Bonchev–Trinajstić information content (AvgIpc) is 3.22. The second-order valence-corrected chi connectivity index (χ2v) is 9.53. The van der Waals surface area contributed by atoms with Crippen LogP contribution in [0.1, 0.15) is 67.8 Å². The molecule has 0 saturated heterocycles. The van der Waals surface area contributed by atoms with Crippen LogP contribution in [0, 0.1) is 0 Å². The lowest BCUT2D eigenvalue weighted by atomic mass is 9.90. The fourth-order valence-corrected chi connectivity index (χ4v) is 4.52.